The van der Waals surface area contributed by atoms with E-state index in [0.717, 1.165) is 0 Å². The number of aliphatic hydroxyl groups is 1. The van der Waals surface area contributed by atoms with Crippen molar-refractivity contribution in [2.75, 3.05) is 38.7 Å². The number of nitrogens with one attached hydrogen (secondary N) is 2. The molecule has 0 aliphatic rings. The highest BCUT2D eigenvalue weighted by Crippen LogP contribution is 2.13. The van der Waals surface area contributed by atoms with Crippen LogP contribution in [-0.2, 0) is 9.47 Å². The first-order valence-corrected chi connectivity index (χ1v) is 9.80. The summed E-state index contributed by atoms with van der Waals surface area (Å²) in [5, 5.41) is 15.6. The van der Waals surface area contributed by atoms with E-state index in [2.05, 4.69) is 10.6 Å². The fraction of sp³-hybridized carbons (Fsp3) is 0.619. The summed E-state index contributed by atoms with van der Waals surface area (Å²) in [6, 6.07) is 6.31. The first-order valence-electron chi connectivity index (χ1n) is 9.80. The highest BCUT2D eigenvalue weighted by Gasteiger charge is 2.17. The van der Waals surface area contributed by atoms with Gasteiger partial charge in [0, 0.05) is 23.8 Å². The van der Waals surface area contributed by atoms with Crippen molar-refractivity contribution in [3.63, 3.8) is 0 Å². The van der Waals surface area contributed by atoms with E-state index in [4.69, 9.17) is 9.47 Å². The molecule has 29 heavy (non-hydrogen) atoms. The lowest BCUT2D eigenvalue weighted by Crippen LogP contribution is -2.40. The summed E-state index contributed by atoms with van der Waals surface area (Å²) in [5.74, 6) is -0.212. The number of rotatable bonds is 10. The van der Waals surface area contributed by atoms with Gasteiger partial charge in [-0.05, 0) is 52.8 Å². The summed E-state index contributed by atoms with van der Waals surface area (Å²) >= 11 is 0. The lowest BCUT2D eigenvalue weighted by molar-refractivity contribution is -0.0144. The highest BCUT2D eigenvalue weighted by atomic mass is 16.5. The first-order chi connectivity index (χ1) is 13.5. The Morgan fingerprint density at radius 3 is 2.52 bits per heavy atom. The predicted molar refractivity (Wildman–Crippen MR) is 113 cm³/mol. The SMILES string of the molecule is CC(C)OCCOCC(O)CN(C)C(=O)Nc1cccc(C(=O)NC(C)(C)C)c1. The number of hydrogen-bond donors (Lipinski definition) is 3. The predicted octanol–water partition coefficient (Wildman–Crippen LogP) is 2.48. The van der Waals surface area contributed by atoms with Gasteiger partial charge in [0.05, 0.1) is 38.6 Å². The fourth-order valence-electron chi connectivity index (χ4n) is 2.38. The van der Waals surface area contributed by atoms with E-state index in [0.29, 0.717) is 24.5 Å². The van der Waals surface area contributed by atoms with Crippen molar-refractivity contribution in [2.45, 2.75) is 52.4 Å². The molecule has 1 aromatic rings. The lowest BCUT2D eigenvalue weighted by Gasteiger charge is -2.22. The Morgan fingerprint density at radius 1 is 1.21 bits per heavy atom. The third-order valence-electron chi connectivity index (χ3n) is 3.68. The highest BCUT2D eigenvalue weighted by molar-refractivity contribution is 5.97. The molecule has 0 heterocycles. The molecule has 0 radical (unpaired) electrons. The molecule has 164 valence electrons. The lowest BCUT2D eigenvalue weighted by atomic mass is 10.1. The number of hydrogen-bond acceptors (Lipinski definition) is 5. The smallest absolute Gasteiger partial charge is 0.321 e. The van der Waals surface area contributed by atoms with E-state index < -0.39 is 6.10 Å². The second-order valence-electron chi connectivity index (χ2n) is 8.24. The van der Waals surface area contributed by atoms with Gasteiger partial charge in [-0.2, -0.15) is 0 Å². The second kappa shape index (κ2) is 11.7. The maximum absolute atomic E-state index is 12.4. The Morgan fingerprint density at radius 2 is 1.90 bits per heavy atom. The molecule has 1 aromatic carbocycles. The number of likely N-dealkylation sites (N-methyl/N-ethyl adjacent to an activating group) is 1. The van der Waals surface area contributed by atoms with Crippen LogP contribution in [0.4, 0.5) is 10.5 Å². The number of nitrogens with zero attached hydrogens (tertiary/aromatic N) is 1. The van der Waals surface area contributed by atoms with Crippen LogP contribution in [0.25, 0.3) is 0 Å². The molecule has 8 nitrogen and oxygen atoms in total. The molecule has 0 aliphatic carbocycles. The monoisotopic (exact) mass is 409 g/mol. The van der Waals surface area contributed by atoms with Gasteiger partial charge in [0.25, 0.3) is 5.91 Å². The van der Waals surface area contributed by atoms with Crippen LogP contribution >= 0.6 is 0 Å². The number of urea groups is 1. The number of carbonyl (C=O) groups excluding carboxylic acids is 2. The number of aliphatic hydroxyl groups excluding tert-OH is 1. The Hall–Kier alpha value is -2.16. The number of anilines is 1. The summed E-state index contributed by atoms with van der Waals surface area (Å²) < 4.78 is 10.7. The third kappa shape index (κ3) is 10.8. The molecule has 0 saturated carbocycles. The molecular weight excluding hydrogens is 374 g/mol. The molecule has 0 saturated heterocycles. The molecule has 3 N–H and O–H groups in total. The molecule has 0 spiro atoms. The van der Waals surface area contributed by atoms with Gasteiger partial charge >= 0.3 is 6.03 Å². The maximum atomic E-state index is 12.4. The van der Waals surface area contributed by atoms with Gasteiger partial charge < -0.3 is 30.1 Å². The number of amides is 3. The zero-order chi connectivity index (χ0) is 22.0. The van der Waals surface area contributed by atoms with E-state index >= 15 is 0 Å². The van der Waals surface area contributed by atoms with Crippen LogP contribution in [0.3, 0.4) is 0 Å². The molecule has 0 aliphatic heterocycles. The summed E-state index contributed by atoms with van der Waals surface area (Å²) in [7, 11) is 1.58. The molecule has 1 atom stereocenters. The molecule has 1 unspecified atom stereocenters. The summed E-state index contributed by atoms with van der Waals surface area (Å²) in [6.07, 6.45) is -0.676. The van der Waals surface area contributed by atoms with E-state index in [1.54, 1.807) is 31.3 Å². The minimum absolute atomic E-state index is 0.112. The van der Waals surface area contributed by atoms with Crippen LogP contribution in [0.15, 0.2) is 24.3 Å². The van der Waals surface area contributed by atoms with E-state index in [1.807, 2.05) is 34.6 Å². The van der Waals surface area contributed by atoms with E-state index in [9.17, 15) is 14.7 Å². The van der Waals surface area contributed by atoms with Gasteiger partial charge in [0.1, 0.15) is 0 Å². The van der Waals surface area contributed by atoms with Gasteiger partial charge in [0.15, 0.2) is 0 Å². The van der Waals surface area contributed by atoms with Gasteiger partial charge in [-0.15, -0.1) is 0 Å². The second-order valence-corrected chi connectivity index (χ2v) is 8.24. The molecule has 0 bridgehead atoms. The normalized spacial score (nSPS) is 12.6. The van der Waals surface area contributed by atoms with Gasteiger partial charge in [-0.25, -0.2) is 4.79 Å². The Labute approximate surface area is 173 Å². The molecule has 0 fully saturated rings. The standard InChI is InChI=1S/C21H35N3O5/c1-15(2)29-11-10-28-14-18(25)13-24(6)20(27)22-17-9-7-8-16(12-17)19(26)23-21(3,4)5/h7-9,12,15,18,25H,10-11,13-14H2,1-6H3,(H,22,27)(H,23,26). The van der Waals surface area contributed by atoms with E-state index in [1.165, 1.54) is 4.90 Å². The topological polar surface area (TPSA) is 100 Å². The Bertz CT molecular complexity index is 658. The van der Waals surface area contributed by atoms with Gasteiger partial charge in [-0.1, -0.05) is 6.07 Å². The van der Waals surface area contributed by atoms with Crippen molar-refractivity contribution in [1.82, 2.24) is 10.2 Å². The van der Waals surface area contributed by atoms with E-state index in [-0.39, 0.29) is 36.7 Å². The van der Waals surface area contributed by atoms with Gasteiger partial charge in [0.2, 0.25) is 0 Å². The van der Waals surface area contributed by atoms with Gasteiger partial charge in [-0.3, -0.25) is 4.79 Å². The Balaban J connectivity index is 2.48. The molecular formula is C21H35N3O5. The first kappa shape index (κ1) is 24.9. The van der Waals surface area contributed by atoms with Crippen LogP contribution in [0.2, 0.25) is 0 Å². The summed E-state index contributed by atoms with van der Waals surface area (Å²) in [5.41, 5.74) is 0.604. The fourth-order valence-corrected chi connectivity index (χ4v) is 2.38. The van der Waals surface area contributed by atoms with Crippen LogP contribution < -0.4 is 10.6 Å². The van der Waals surface area contributed by atoms with Crippen LogP contribution in [0.1, 0.15) is 45.0 Å². The van der Waals surface area contributed by atoms with Crippen molar-refractivity contribution < 1.29 is 24.2 Å². The Kier molecular flexibility index (Phi) is 10.1. The van der Waals surface area contributed by atoms with Crippen molar-refractivity contribution in [1.29, 1.82) is 0 Å². The largest absolute Gasteiger partial charge is 0.389 e. The average Bonchev–Trinajstić information content (AvgIpc) is 2.59. The minimum Gasteiger partial charge on any atom is -0.389 e. The zero-order valence-electron chi connectivity index (χ0n) is 18.3. The van der Waals surface area contributed by atoms with Crippen LogP contribution in [0, 0.1) is 0 Å². The van der Waals surface area contributed by atoms with Crippen LogP contribution in [-0.4, -0.2) is 73.1 Å². The van der Waals surface area contributed by atoms with Crippen molar-refractivity contribution >= 4 is 17.6 Å². The molecule has 1 rings (SSSR count). The van der Waals surface area contributed by atoms with Crippen molar-refractivity contribution in [3.05, 3.63) is 29.8 Å². The molecule has 3 amide bonds. The molecule has 0 aromatic heterocycles. The average molecular weight is 410 g/mol. The quantitative estimate of drug-likeness (QED) is 0.516. The minimum atomic E-state index is -0.811. The summed E-state index contributed by atoms with van der Waals surface area (Å²) in [4.78, 5) is 26.0. The summed E-state index contributed by atoms with van der Waals surface area (Å²) in [6.45, 7) is 10.6. The molecule has 8 heteroatoms. The number of ether oxygens (including phenoxy) is 2. The third-order valence-corrected chi connectivity index (χ3v) is 3.68. The van der Waals surface area contributed by atoms with Crippen molar-refractivity contribution in [2.24, 2.45) is 0 Å². The zero-order valence-corrected chi connectivity index (χ0v) is 18.3. The number of benzene rings is 1. The number of carbonyl (C=O) groups is 2. The maximum Gasteiger partial charge on any atom is 0.321 e. The van der Waals surface area contributed by atoms with Crippen LogP contribution in [0.5, 0.6) is 0 Å². The van der Waals surface area contributed by atoms with Crippen molar-refractivity contribution in [3.8, 4) is 0 Å².